The van der Waals surface area contributed by atoms with Crippen LogP contribution in [0, 0.1) is 5.92 Å². The zero-order valence-electron chi connectivity index (χ0n) is 15.1. The fraction of sp³-hybridized carbons (Fsp3) is 0.941. The molecule has 2 aliphatic heterocycles. The van der Waals surface area contributed by atoms with Crippen LogP contribution in [0.3, 0.4) is 0 Å². The molecule has 0 spiro atoms. The minimum absolute atomic E-state index is 0.204. The van der Waals surface area contributed by atoms with Gasteiger partial charge in [-0.25, -0.2) is 0 Å². The molecule has 0 aliphatic carbocycles. The number of guanidine groups is 1. The van der Waals surface area contributed by atoms with Gasteiger partial charge in [0.25, 0.3) is 0 Å². The molecule has 0 saturated carbocycles. The van der Waals surface area contributed by atoms with Gasteiger partial charge in [0.05, 0.1) is 32.5 Å². The molecule has 3 atom stereocenters. The Morgan fingerprint density at radius 2 is 2.08 bits per heavy atom. The van der Waals surface area contributed by atoms with Crippen LogP contribution in [0.4, 0.5) is 0 Å². The molecule has 140 valence electrons. The molecule has 2 fully saturated rings. The Morgan fingerprint density at radius 1 is 1.25 bits per heavy atom. The summed E-state index contributed by atoms with van der Waals surface area (Å²) in [5.74, 6) is 1.39. The van der Waals surface area contributed by atoms with Crippen molar-refractivity contribution < 1.29 is 18.9 Å². The van der Waals surface area contributed by atoms with E-state index in [0.717, 1.165) is 64.8 Å². The second-order valence-corrected chi connectivity index (χ2v) is 6.52. The van der Waals surface area contributed by atoms with E-state index in [0.29, 0.717) is 19.1 Å². The molecule has 0 aromatic heterocycles. The molecule has 2 rings (SSSR count). The Balaban J connectivity index is 1.46. The highest BCUT2D eigenvalue weighted by Gasteiger charge is 2.17. The summed E-state index contributed by atoms with van der Waals surface area (Å²) in [4.78, 5) is 4.25. The predicted octanol–water partition coefficient (Wildman–Crippen LogP) is 0.789. The topological polar surface area (TPSA) is 73.3 Å². The first-order valence-corrected chi connectivity index (χ1v) is 9.10. The molecule has 2 saturated heterocycles. The van der Waals surface area contributed by atoms with Gasteiger partial charge in [0.2, 0.25) is 0 Å². The summed E-state index contributed by atoms with van der Waals surface area (Å²) >= 11 is 0. The van der Waals surface area contributed by atoms with Gasteiger partial charge < -0.3 is 29.6 Å². The predicted molar refractivity (Wildman–Crippen MR) is 93.5 cm³/mol. The smallest absolute Gasteiger partial charge is 0.191 e. The minimum atomic E-state index is 0.204. The Labute approximate surface area is 145 Å². The molecule has 2 heterocycles. The molecule has 7 nitrogen and oxygen atoms in total. The van der Waals surface area contributed by atoms with Crippen LogP contribution in [0.5, 0.6) is 0 Å². The summed E-state index contributed by atoms with van der Waals surface area (Å²) in [6, 6.07) is 0.204. The highest BCUT2D eigenvalue weighted by atomic mass is 16.5. The van der Waals surface area contributed by atoms with E-state index >= 15 is 0 Å². The number of nitrogens with one attached hydrogen (secondary N) is 2. The lowest BCUT2D eigenvalue weighted by atomic mass is 10.1. The van der Waals surface area contributed by atoms with E-state index < -0.39 is 0 Å². The second kappa shape index (κ2) is 11.6. The monoisotopic (exact) mass is 343 g/mol. The third-order valence-electron chi connectivity index (χ3n) is 4.21. The molecule has 0 bridgehead atoms. The number of hydrogen-bond acceptors (Lipinski definition) is 5. The lowest BCUT2D eigenvalue weighted by Gasteiger charge is -2.19. The van der Waals surface area contributed by atoms with Gasteiger partial charge in [-0.1, -0.05) is 0 Å². The molecule has 2 aliphatic rings. The average molecular weight is 343 g/mol. The second-order valence-electron chi connectivity index (χ2n) is 6.52. The molecule has 0 aromatic carbocycles. The van der Waals surface area contributed by atoms with Crippen molar-refractivity contribution in [1.29, 1.82) is 0 Å². The maximum atomic E-state index is 5.82. The molecular formula is C17H33N3O4. The maximum absolute atomic E-state index is 5.82. The molecule has 3 unspecified atom stereocenters. The van der Waals surface area contributed by atoms with Crippen molar-refractivity contribution in [3.8, 4) is 0 Å². The molecule has 7 heteroatoms. The van der Waals surface area contributed by atoms with Gasteiger partial charge in [-0.3, -0.25) is 4.99 Å². The molecule has 2 N–H and O–H groups in total. The van der Waals surface area contributed by atoms with Crippen molar-refractivity contribution in [2.24, 2.45) is 10.9 Å². The lowest BCUT2D eigenvalue weighted by molar-refractivity contribution is 0.0347. The average Bonchev–Trinajstić information content (AvgIpc) is 3.28. The number of rotatable bonds is 10. The van der Waals surface area contributed by atoms with E-state index in [4.69, 9.17) is 18.9 Å². The van der Waals surface area contributed by atoms with E-state index in [2.05, 4.69) is 22.5 Å². The standard InChI is InChI=1S/C17H33N3O4/c1-14(10-24-16-5-9-23-13-16)20-17(18-2)19-6-3-7-21-11-15-4-8-22-12-15/h14-16H,3-13H2,1-2H3,(H2,18,19,20). The molecule has 0 aromatic rings. The van der Waals surface area contributed by atoms with Gasteiger partial charge in [-0.2, -0.15) is 0 Å². The lowest BCUT2D eigenvalue weighted by Crippen LogP contribution is -2.44. The van der Waals surface area contributed by atoms with Crippen molar-refractivity contribution in [2.75, 3.05) is 59.8 Å². The van der Waals surface area contributed by atoms with Crippen LogP contribution in [-0.2, 0) is 18.9 Å². The van der Waals surface area contributed by atoms with Crippen molar-refractivity contribution in [1.82, 2.24) is 10.6 Å². The largest absolute Gasteiger partial charge is 0.381 e. The summed E-state index contributed by atoms with van der Waals surface area (Å²) in [6.45, 7) is 8.42. The molecule has 0 radical (unpaired) electrons. The summed E-state index contributed by atoms with van der Waals surface area (Å²) in [5, 5.41) is 6.65. The van der Waals surface area contributed by atoms with E-state index in [1.165, 1.54) is 0 Å². The van der Waals surface area contributed by atoms with Gasteiger partial charge in [-0.05, 0) is 26.2 Å². The Kier molecular flexibility index (Phi) is 9.42. The van der Waals surface area contributed by atoms with Gasteiger partial charge >= 0.3 is 0 Å². The number of ether oxygens (including phenoxy) is 4. The van der Waals surface area contributed by atoms with Gasteiger partial charge in [-0.15, -0.1) is 0 Å². The highest BCUT2D eigenvalue weighted by Crippen LogP contribution is 2.12. The first kappa shape index (κ1) is 19.4. The number of aliphatic imine (C=N–C) groups is 1. The SMILES string of the molecule is CN=C(NCCCOCC1CCOC1)NC(C)COC1CCOC1. The van der Waals surface area contributed by atoms with Crippen LogP contribution in [-0.4, -0.2) is 77.9 Å². The zero-order valence-corrected chi connectivity index (χ0v) is 15.1. The van der Waals surface area contributed by atoms with E-state index in [1.807, 2.05) is 0 Å². The third kappa shape index (κ3) is 7.79. The summed E-state index contributed by atoms with van der Waals surface area (Å²) in [7, 11) is 1.78. The fourth-order valence-electron chi connectivity index (χ4n) is 2.74. The van der Waals surface area contributed by atoms with E-state index in [-0.39, 0.29) is 12.1 Å². The maximum Gasteiger partial charge on any atom is 0.191 e. The number of hydrogen-bond donors (Lipinski definition) is 2. The van der Waals surface area contributed by atoms with Crippen molar-refractivity contribution in [3.05, 3.63) is 0 Å². The van der Waals surface area contributed by atoms with Crippen molar-refractivity contribution in [2.45, 2.75) is 38.3 Å². The molecular weight excluding hydrogens is 310 g/mol. The Bertz CT molecular complexity index is 356. The summed E-state index contributed by atoms with van der Waals surface area (Å²) < 4.78 is 22.2. The van der Waals surface area contributed by atoms with E-state index in [1.54, 1.807) is 7.05 Å². The van der Waals surface area contributed by atoms with Crippen molar-refractivity contribution in [3.63, 3.8) is 0 Å². The van der Waals surface area contributed by atoms with Gasteiger partial charge in [0.15, 0.2) is 5.96 Å². The van der Waals surface area contributed by atoms with Crippen LogP contribution in [0.1, 0.15) is 26.2 Å². The first-order chi connectivity index (χ1) is 11.8. The normalized spacial score (nSPS) is 25.8. The van der Waals surface area contributed by atoms with Crippen LogP contribution in [0.15, 0.2) is 4.99 Å². The molecule has 24 heavy (non-hydrogen) atoms. The van der Waals surface area contributed by atoms with Crippen LogP contribution in [0.2, 0.25) is 0 Å². The van der Waals surface area contributed by atoms with Crippen molar-refractivity contribution >= 4 is 5.96 Å². The molecule has 0 amide bonds. The minimum Gasteiger partial charge on any atom is -0.381 e. The first-order valence-electron chi connectivity index (χ1n) is 9.10. The summed E-state index contributed by atoms with van der Waals surface area (Å²) in [5.41, 5.74) is 0. The Hall–Kier alpha value is -0.890. The zero-order chi connectivity index (χ0) is 17.0. The fourth-order valence-corrected chi connectivity index (χ4v) is 2.74. The van der Waals surface area contributed by atoms with Crippen LogP contribution >= 0.6 is 0 Å². The Morgan fingerprint density at radius 3 is 2.79 bits per heavy atom. The van der Waals surface area contributed by atoms with E-state index in [9.17, 15) is 0 Å². The van der Waals surface area contributed by atoms with Gasteiger partial charge in [0.1, 0.15) is 0 Å². The quantitative estimate of drug-likeness (QED) is 0.347. The van der Waals surface area contributed by atoms with Gasteiger partial charge in [0, 0.05) is 45.4 Å². The third-order valence-corrected chi connectivity index (χ3v) is 4.21. The van der Waals surface area contributed by atoms with Crippen LogP contribution in [0.25, 0.3) is 0 Å². The highest BCUT2D eigenvalue weighted by molar-refractivity contribution is 5.79. The van der Waals surface area contributed by atoms with Crippen LogP contribution < -0.4 is 10.6 Å². The number of nitrogens with zero attached hydrogens (tertiary/aromatic N) is 1. The summed E-state index contributed by atoms with van der Waals surface area (Å²) in [6.07, 6.45) is 3.32.